The quantitative estimate of drug-likeness (QED) is 0.845. The van der Waals surface area contributed by atoms with Gasteiger partial charge < -0.3 is 4.57 Å². The van der Waals surface area contributed by atoms with Crippen LogP contribution in [0.15, 0.2) is 29.8 Å². The van der Waals surface area contributed by atoms with Crippen LogP contribution in [0.25, 0.3) is 0 Å². The number of aryl methyl sites for hydroxylation is 2. The molecular formula is C14H19N5O2S. The normalized spacial score (nSPS) is 20.2. The lowest BCUT2D eigenvalue weighted by atomic mass is 9.99. The molecule has 0 aliphatic carbocycles. The van der Waals surface area contributed by atoms with Gasteiger partial charge in [0.25, 0.3) is 10.0 Å². The van der Waals surface area contributed by atoms with Crippen LogP contribution in [0.5, 0.6) is 0 Å². The molecule has 1 fully saturated rings. The lowest BCUT2D eigenvalue weighted by Gasteiger charge is -2.30. The first-order valence-electron chi connectivity index (χ1n) is 7.24. The van der Waals surface area contributed by atoms with E-state index in [1.165, 1.54) is 16.8 Å². The Morgan fingerprint density at radius 1 is 1.32 bits per heavy atom. The molecule has 0 saturated carbocycles. The van der Waals surface area contributed by atoms with Crippen molar-refractivity contribution in [2.45, 2.75) is 30.7 Å². The van der Waals surface area contributed by atoms with Crippen molar-refractivity contribution < 1.29 is 8.42 Å². The molecule has 118 valence electrons. The van der Waals surface area contributed by atoms with Gasteiger partial charge in [0.15, 0.2) is 5.03 Å². The Hall–Kier alpha value is -1.80. The van der Waals surface area contributed by atoms with Gasteiger partial charge in [0, 0.05) is 44.1 Å². The van der Waals surface area contributed by atoms with E-state index in [-0.39, 0.29) is 10.9 Å². The molecule has 22 heavy (non-hydrogen) atoms. The van der Waals surface area contributed by atoms with Crippen LogP contribution >= 0.6 is 0 Å². The minimum atomic E-state index is -3.55. The van der Waals surface area contributed by atoms with E-state index in [9.17, 15) is 8.42 Å². The molecule has 0 aromatic carbocycles. The van der Waals surface area contributed by atoms with Gasteiger partial charge in [-0.1, -0.05) is 0 Å². The average Bonchev–Trinajstić information content (AvgIpc) is 2.95. The van der Waals surface area contributed by atoms with Crippen LogP contribution in [0, 0.1) is 6.92 Å². The predicted octanol–water partition coefficient (Wildman–Crippen LogP) is 1.09. The Labute approximate surface area is 130 Å². The van der Waals surface area contributed by atoms with Gasteiger partial charge in [-0.05, 0) is 25.8 Å². The van der Waals surface area contributed by atoms with Crippen molar-refractivity contribution in [2.75, 3.05) is 13.1 Å². The van der Waals surface area contributed by atoms with Crippen molar-refractivity contribution in [3.63, 3.8) is 0 Å². The minimum absolute atomic E-state index is 0.0344. The maximum absolute atomic E-state index is 12.7. The zero-order valence-electron chi connectivity index (χ0n) is 12.7. The van der Waals surface area contributed by atoms with E-state index in [2.05, 4.69) is 15.0 Å². The number of rotatable bonds is 3. The molecule has 0 radical (unpaired) electrons. The van der Waals surface area contributed by atoms with Gasteiger partial charge >= 0.3 is 0 Å². The zero-order chi connectivity index (χ0) is 15.7. The summed E-state index contributed by atoms with van der Waals surface area (Å²) in [5.74, 6) is 0.757. The zero-order valence-corrected chi connectivity index (χ0v) is 13.5. The number of imidazole rings is 1. The fourth-order valence-electron chi connectivity index (χ4n) is 2.69. The third-order valence-corrected chi connectivity index (χ3v) is 5.60. The van der Waals surface area contributed by atoms with Crippen LogP contribution in [-0.4, -0.2) is 45.3 Å². The third kappa shape index (κ3) is 2.89. The molecule has 0 N–H and O–H groups in total. The Morgan fingerprint density at radius 3 is 2.82 bits per heavy atom. The first kappa shape index (κ1) is 15.1. The molecule has 8 heteroatoms. The Balaban J connectivity index is 1.84. The summed E-state index contributed by atoms with van der Waals surface area (Å²) in [5.41, 5.74) is 0.898. The summed E-state index contributed by atoms with van der Waals surface area (Å²) in [4.78, 5) is 12.7. The molecule has 2 aromatic heterocycles. The standard InChI is InChI=1S/C14H19N5O2S/c1-11-5-6-15-14(17-11)12-4-3-7-19(8-12)22(20,21)13-9-18(2)10-16-13/h5-6,9-10,12H,3-4,7-8H2,1-2H3. The summed E-state index contributed by atoms with van der Waals surface area (Å²) in [6, 6.07) is 1.84. The molecule has 0 spiro atoms. The highest BCUT2D eigenvalue weighted by atomic mass is 32.2. The highest BCUT2D eigenvalue weighted by molar-refractivity contribution is 7.89. The van der Waals surface area contributed by atoms with E-state index < -0.39 is 10.0 Å². The molecule has 2 aromatic rings. The summed E-state index contributed by atoms with van der Waals surface area (Å²) in [7, 11) is -1.79. The molecule has 1 unspecified atom stereocenters. The average molecular weight is 321 g/mol. The van der Waals surface area contributed by atoms with E-state index in [0.717, 1.165) is 24.4 Å². The first-order valence-corrected chi connectivity index (χ1v) is 8.68. The Morgan fingerprint density at radius 2 is 2.14 bits per heavy atom. The molecule has 0 amide bonds. The van der Waals surface area contributed by atoms with E-state index in [1.54, 1.807) is 17.8 Å². The number of piperidine rings is 1. The highest BCUT2D eigenvalue weighted by Crippen LogP contribution is 2.28. The number of nitrogens with zero attached hydrogens (tertiary/aromatic N) is 5. The molecule has 1 atom stereocenters. The SMILES string of the molecule is Cc1ccnc(C2CCCN(S(=O)(=O)c3cn(C)cn3)C2)n1. The molecule has 3 rings (SSSR count). The summed E-state index contributed by atoms with van der Waals surface area (Å²) in [6.07, 6.45) is 6.45. The lowest BCUT2D eigenvalue weighted by Crippen LogP contribution is -2.39. The topological polar surface area (TPSA) is 81.0 Å². The molecule has 0 bridgehead atoms. The number of sulfonamides is 1. The molecule has 3 heterocycles. The van der Waals surface area contributed by atoms with Crippen LogP contribution in [0.4, 0.5) is 0 Å². The van der Waals surface area contributed by atoms with Gasteiger partial charge in [-0.15, -0.1) is 0 Å². The largest absolute Gasteiger partial charge is 0.339 e. The fourth-order valence-corrected chi connectivity index (χ4v) is 4.18. The number of hydrogen-bond acceptors (Lipinski definition) is 5. The van der Waals surface area contributed by atoms with Crippen LogP contribution in [-0.2, 0) is 17.1 Å². The summed E-state index contributed by atoms with van der Waals surface area (Å²) >= 11 is 0. The third-order valence-electron chi connectivity index (χ3n) is 3.85. The minimum Gasteiger partial charge on any atom is -0.339 e. The van der Waals surface area contributed by atoms with Crippen LogP contribution < -0.4 is 0 Å². The maximum atomic E-state index is 12.7. The van der Waals surface area contributed by atoms with Gasteiger partial charge in [-0.2, -0.15) is 4.31 Å². The van der Waals surface area contributed by atoms with Gasteiger partial charge in [0.2, 0.25) is 0 Å². The van der Waals surface area contributed by atoms with Crippen LogP contribution in [0.3, 0.4) is 0 Å². The molecule has 7 nitrogen and oxygen atoms in total. The van der Waals surface area contributed by atoms with Crippen LogP contribution in [0.2, 0.25) is 0 Å². The van der Waals surface area contributed by atoms with E-state index in [1.807, 2.05) is 13.0 Å². The van der Waals surface area contributed by atoms with E-state index >= 15 is 0 Å². The van der Waals surface area contributed by atoms with Gasteiger partial charge in [0.05, 0.1) is 6.33 Å². The predicted molar refractivity (Wildman–Crippen MR) is 80.7 cm³/mol. The number of aromatic nitrogens is 4. The van der Waals surface area contributed by atoms with Crippen molar-refractivity contribution in [3.05, 3.63) is 36.3 Å². The highest BCUT2D eigenvalue weighted by Gasteiger charge is 2.33. The summed E-state index contributed by atoms with van der Waals surface area (Å²) in [5, 5.41) is 0.0980. The van der Waals surface area contributed by atoms with Gasteiger partial charge in [-0.25, -0.2) is 23.4 Å². The second-order valence-corrected chi connectivity index (χ2v) is 7.52. The molecule has 1 aliphatic rings. The monoisotopic (exact) mass is 321 g/mol. The van der Waals surface area contributed by atoms with Crippen molar-refractivity contribution in [3.8, 4) is 0 Å². The Bertz CT molecular complexity index is 771. The van der Waals surface area contributed by atoms with Gasteiger partial charge in [-0.3, -0.25) is 0 Å². The maximum Gasteiger partial charge on any atom is 0.262 e. The second kappa shape index (κ2) is 5.77. The Kier molecular flexibility index (Phi) is 3.96. The first-order chi connectivity index (χ1) is 10.5. The smallest absolute Gasteiger partial charge is 0.262 e. The van der Waals surface area contributed by atoms with Gasteiger partial charge in [0.1, 0.15) is 5.82 Å². The van der Waals surface area contributed by atoms with Crippen LogP contribution in [0.1, 0.15) is 30.3 Å². The van der Waals surface area contributed by atoms with E-state index in [0.29, 0.717) is 13.1 Å². The van der Waals surface area contributed by atoms with E-state index in [4.69, 9.17) is 0 Å². The van der Waals surface area contributed by atoms with Crippen molar-refractivity contribution >= 4 is 10.0 Å². The molecular weight excluding hydrogens is 302 g/mol. The second-order valence-electron chi connectivity index (χ2n) is 5.64. The van der Waals surface area contributed by atoms with Crippen molar-refractivity contribution in [2.24, 2.45) is 7.05 Å². The summed E-state index contributed by atoms with van der Waals surface area (Å²) < 4.78 is 28.4. The number of hydrogen-bond donors (Lipinski definition) is 0. The lowest BCUT2D eigenvalue weighted by molar-refractivity contribution is 0.308. The van der Waals surface area contributed by atoms with Crippen molar-refractivity contribution in [1.29, 1.82) is 0 Å². The molecule has 1 aliphatic heterocycles. The van der Waals surface area contributed by atoms with Crippen molar-refractivity contribution in [1.82, 2.24) is 23.8 Å². The fraction of sp³-hybridized carbons (Fsp3) is 0.500. The summed E-state index contributed by atoms with van der Waals surface area (Å²) in [6.45, 7) is 2.83. The molecule has 1 saturated heterocycles.